The molecule has 0 bridgehead atoms. The number of hydrogen-bond acceptors (Lipinski definition) is 1. The summed E-state index contributed by atoms with van der Waals surface area (Å²) in [5.74, 6) is -2.91. The topological polar surface area (TPSA) is 17.1 Å². The maximum Gasteiger partial charge on any atom is 0.199 e. The number of carbonyl (C=O) groups excluding carboxylic acids is 1. The first kappa shape index (κ1) is 12.0. The number of carbonyl (C=O) groups is 1. The molecule has 0 amide bonds. The Morgan fingerprint density at radius 1 is 1.40 bits per heavy atom. The van der Waals surface area contributed by atoms with Crippen LogP contribution in [0.2, 0.25) is 0 Å². The summed E-state index contributed by atoms with van der Waals surface area (Å²) in [5, 5.41) is 0. The third-order valence-corrected chi connectivity index (χ3v) is 2.06. The van der Waals surface area contributed by atoms with Crippen molar-refractivity contribution in [3.63, 3.8) is 0 Å². The normalized spacial score (nSPS) is 12.5. The number of hydrogen-bond donors (Lipinski definition) is 0. The molecule has 0 aromatic heterocycles. The Hall–Kier alpha value is -1.03. The van der Waals surface area contributed by atoms with Crippen LogP contribution < -0.4 is 0 Å². The lowest BCUT2D eigenvalue weighted by Gasteiger charge is -2.06. The minimum atomic E-state index is -1.84. The van der Waals surface area contributed by atoms with E-state index in [1.54, 1.807) is 0 Å². The number of Topliss-reactive ketones (excluding diaryl/α,β-unsaturated/α-hetero) is 1. The summed E-state index contributed by atoms with van der Waals surface area (Å²) in [6.45, 7) is 0. The van der Waals surface area contributed by atoms with E-state index in [0.29, 0.717) is 6.07 Å². The molecule has 1 nitrogen and oxygen atoms in total. The zero-order valence-electron chi connectivity index (χ0n) is 7.64. The first-order chi connectivity index (χ1) is 7.06. The van der Waals surface area contributed by atoms with Gasteiger partial charge in [0.2, 0.25) is 0 Å². The molecular weight excluding hydrogens is 229 g/mol. The zero-order chi connectivity index (χ0) is 11.4. The van der Waals surface area contributed by atoms with Crippen molar-refractivity contribution in [2.24, 2.45) is 0 Å². The van der Waals surface area contributed by atoms with E-state index in [9.17, 15) is 18.0 Å². The van der Waals surface area contributed by atoms with Crippen molar-refractivity contribution < 1.29 is 18.0 Å². The Balaban J connectivity index is 2.91. The van der Waals surface area contributed by atoms with E-state index in [2.05, 4.69) is 0 Å². The van der Waals surface area contributed by atoms with Gasteiger partial charge in [-0.25, -0.2) is 13.2 Å². The number of rotatable bonds is 4. The minimum absolute atomic E-state index is 0.0320. The largest absolute Gasteiger partial charge is 0.291 e. The van der Waals surface area contributed by atoms with Crippen LogP contribution in [0.15, 0.2) is 18.2 Å². The Kier molecular flexibility index (Phi) is 4.15. The molecule has 0 aliphatic carbocycles. The monoisotopic (exact) mass is 236 g/mol. The summed E-state index contributed by atoms with van der Waals surface area (Å²) < 4.78 is 38.6. The van der Waals surface area contributed by atoms with Crippen LogP contribution in [0, 0.1) is 11.6 Å². The SMILES string of the molecule is O=C(c1ccc(F)cc1F)C(F)CCCl. The van der Waals surface area contributed by atoms with E-state index in [-0.39, 0.29) is 12.3 Å². The predicted octanol–water partition coefficient (Wildman–Crippen LogP) is 3.11. The average Bonchev–Trinajstić information content (AvgIpc) is 2.17. The van der Waals surface area contributed by atoms with Gasteiger partial charge in [0.25, 0.3) is 0 Å². The predicted molar refractivity (Wildman–Crippen MR) is 50.9 cm³/mol. The molecule has 0 saturated heterocycles. The van der Waals surface area contributed by atoms with E-state index >= 15 is 0 Å². The molecule has 1 rings (SSSR count). The molecule has 0 saturated carbocycles. The summed E-state index contributed by atoms with van der Waals surface area (Å²) in [6, 6.07) is 2.37. The van der Waals surface area contributed by atoms with Crippen LogP contribution in [-0.2, 0) is 0 Å². The van der Waals surface area contributed by atoms with Crippen LogP contribution in [-0.4, -0.2) is 17.8 Å². The Bertz CT molecular complexity index is 368. The summed E-state index contributed by atoms with van der Waals surface area (Å²) in [4.78, 5) is 11.3. The molecule has 15 heavy (non-hydrogen) atoms. The van der Waals surface area contributed by atoms with E-state index in [1.807, 2.05) is 0 Å². The third kappa shape index (κ3) is 2.96. The molecular formula is C10H8ClF3O. The van der Waals surface area contributed by atoms with Crippen molar-refractivity contribution in [1.82, 2.24) is 0 Å². The lowest BCUT2D eigenvalue weighted by Crippen LogP contribution is -2.17. The molecule has 0 N–H and O–H groups in total. The second kappa shape index (κ2) is 5.16. The molecule has 0 aliphatic rings. The van der Waals surface area contributed by atoms with Crippen LogP contribution in [0.1, 0.15) is 16.8 Å². The van der Waals surface area contributed by atoms with E-state index in [1.165, 1.54) is 0 Å². The molecule has 1 aromatic rings. The molecule has 82 valence electrons. The van der Waals surface area contributed by atoms with E-state index in [0.717, 1.165) is 12.1 Å². The van der Waals surface area contributed by atoms with Crippen LogP contribution in [0.25, 0.3) is 0 Å². The number of halogens is 4. The fraction of sp³-hybridized carbons (Fsp3) is 0.300. The summed E-state index contributed by atoms with van der Waals surface area (Å²) >= 11 is 5.25. The molecule has 1 aromatic carbocycles. The second-order valence-electron chi connectivity index (χ2n) is 2.93. The molecule has 0 fully saturated rings. The second-order valence-corrected chi connectivity index (χ2v) is 3.31. The standard InChI is InChI=1S/C10H8ClF3O/c11-4-3-8(13)10(15)7-2-1-6(12)5-9(7)14/h1-2,5,8H,3-4H2. The van der Waals surface area contributed by atoms with Crippen molar-refractivity contribution >= 4 is 17.4 Å². The molecule has 0 spiro atoms. The van der Waals surface area contributed by atoms with Crippen LogP contribution in [0.5, 0.6) is 0 Å². The van der Waals surface area contributed by atoms with Crippen molar-refractivity contribution in [3.8, 4) is 0 Å². The summed E-state index contributed by atoms with van der Waals surface area (Å²) in [7, 11) is 0. The van der Waals surface area contributed by atoms with Crippen molar-refractivity contribution in [1.29, 1.82) is 0 Å². The fourth-order valence-electron chi connectivity index (χ4n) is 1.08. The van der Waals surface area contributed by atoms with Gasteiger partial charge in [0, 0.05) is 11.9 Å². The van der Waals surface area contributed by atoms with Crippen molar-refractivity contribution in [3.05, 3.63) is 35.4 Å². The van der Waals surface area contributed by atoms with E-state index in [4.69, 9.17) is 11.6 Å². The number of alkyl halides is 2. The lowest BCUT2D eigenvalue weighted by molar-refractivity contribution is 0.0870. The minimum Gasteiger partial charge on any atom is -0.291 e. The maximum absolute atomic E-state index is 13.1. The third-order valence-electron chi connectivity index (χ3n) is 1.84. The van der Waals surface area contributed by atoms with Gasteiger partial charge in [0.15, 0.2) is 12.0 Å². The fourth-order valence-corrected chi connectivity index (χ4v) is 1.28. The van der Waals surface area contributed by atoms with E-state index < -0.39 is 29.2 Å². The highest BCUT2D eigenvalue weighted by atomic mass is 35.5. The van der Waals surface area contributed by atoms with Gasteiger partial charge in [0.1, 0.15) is 11.6 Å². The van der Waals surface area contributed by atoms with Crippen molar-refractivity contribution in [2.75, 3.05) is 5.88 Å². The highest BCUT2D eigenvalue weighted by Crippen LogP contribution is 2.15. The van der Waals surface area contributed by atoms with Gasteiger partial charge in [-0.05, 0) is 18.6 Å². The van der Waals surface area contributed by atoms with Gasteiger partial charge in [-0.1, -0.05) is 0 Å². The van der Waals surface area contributed by atoms with Gasteiger partial charge < -0.3 is 0 Å². The average molecular weight is 237 g/mol. The quantitative estimate of drug-likeness (QED) is 0.580. The Labute approximate surface area is 89.9 Å². The van der Waals surface area contributed by atoms with Crippen LogP contribution in [0.4, 0.5) is 13.2 Å². The van der Waals surface area contributed by atoms with Gasteiger partial charge in [-0.2, -0.15) is 0 Å². The van der Waals surface area contributed by atoms with Crippen LogP contribution >= 0.6 is 11.6 Å². The van der Waals surface area contributed by atoms with Crippen molar-refractivity contribution in [2.45, 2.75) is 12.6 Å². The summed E-state index contributed by atoms with van der Waals surface area (Å²) in [5.41, 5.74) is -0.450. The van der Waals surface area contributed by atoms with Gasteiger partial charge in [0.05, 0.1) is 5.56 Å². The Morgan fingerprint density at radius 2 is 2.07 bits per heavy atom. The highest BCUT2D eigenvalue weighted by molar-refractivity contribution is 6.18. The molecule has 1 unspecified atom stereocenters. The van der Waals surface area contributed by atoms with Crippen LogP contribution in [0.3, 0.4) is 0 Å². The first-order valence-corrected chi connectivity index (χ1v) is 4.79. The molecule has 0 heterocycles. The molecule has 0 radical (unpaired) electrons. The zero-order valence-corrected chi connectivity index (χ0v) is 8.40. The molecule has 5 heteroatoms. The number of benzene rings is 1. The van der Waals surface area contributed by atoms with Gasteiger partial charge >= 0.3 is 0 Å². The maximum atomic E-state index is 13.1. The highest BCUT2D eigenvalue weighted by Gasteiger charge is 2.21. The number of ketones is 1. The molecule has 1 atom stereocenters. The first-order valence-electron chi connectivity index (χ1n) is 4.25. The molecule has 0 aliphatic heterocycles. The summed E-state index contributed by atoms with van der Waals surface area (Å²) in [6.07, 6.45) is -2.03. The Morgan fingerprint density at radius 3 is 2.60 bits per heavy atom. The lowest BCUT2D eigenvalue weighted by atomic mass is 10.1. The van der Waals surface area contributed by atoms with Gasteiger partial charge in [-0.3, -0.25) is 4.79 Å². The van der Waals surface area contributed by atoms with Gasteiger partial charge in [-0.15, -0.1) is 11.6 Å². The smallest absolute Gasteiger partial charge is 0.199 e.